The third-order valence-electron chi connectivity index (χ3n) is 6.46. The number of aryl methyl sites for hydroxylation is 1. The summed E-state index contributed by atoms with van der Waals surface area (Å²) in [7, 11) is 1.74. The van der Waals surface area contributed by atoms with E-state index in [1.165, 1.54) is 11.8 Å². The summed E-state index contributed by atoms with van der Waals surface area (Å²) in [6.45, 7) is 7.72. The largest absolute Gasteiger partial charge is 0.450 e. The van der Waals surface area contributed by atoms with Crippen LogP contribution in [0.25, 0.3) is 17.0 Å². The number of thioether (sulfide) groups is 1. The first kappa shape index (κ1) is 27.2. The van der Waals surface area contributed by atoms with Crippen molar-refractivity contribution in [2.75, 3.05) is 57.4 Å². The molecule has 1 aromatic heterocycles. The number of para-hydroxylation sites is 1. The Morgan fingerprint density at radius 1 is 1.11 bits per heavy atom. The Morgan fingerprint density at radius 2 is 1.84 bits per heavy atom. The van der Waals surface area contributed by atoms with Gasteiger partial charge in [0.1, 0.15) is 4.32 Å². The van der Waals surface area contributed by atoms with Crippen molar-refractivity contribution in [3.05, 3.63) is 45.1 Å². The van der Waals surface area contributed by atoms with Crippen LogP contribution in [-0.2, 0) is 21.3 Å². The predicted octanol–water partition coefficient (Wildman–Crippen LogP) is 3.44. The van der Waals surface area contributed by atoms with Gasteiger partial charge >= 0.3 is 6.09 Å². The van der Waals surface area contributed by atoms with Gasteiger partial charge in [0, 0.05) is 58.4 Å². The summed E-state index contributed by atoms with van der Waals surface area (Å²) >= 11 is 6.70. The van der Waals surface area contributed by atoms with E-state index in [2.05, 4.69) is 4.90 Å². The average Bonchev–Trinajstić information content (AvgIpc) is 3.17. The van der Waals surface area contributed by atoms with Crippen LogP contribution in [-0.4, -0.2) is 83.2 Å². The van der Waals surface area contributed by atoms with Gasteiger partial charge < -0.3 is 23.8 Å². The maximum atomic E-state index is 13.6. The minimum absolute atomic E-state index is 0.192. The second-order valence-corrected chi connectivity index (χ2v) is 10.4. The number of amides is 2. The van der Waals surface area contributed by atoms with E-state index in [0.717, 1.165) is 16.6 Å². The van der Waals surface area contributed by atoms with E-state index in [-0.39, 0.29) is 17.6 Å². The van der Waals surface area contributed by atoms with Gasteiger partial charge in [-0.15, -0.1) is 0 Å². The van der Waals surface area contributed by atoms with Crippen molar-refractivity contribution in [2.45, 2.75) is 20.3 Å². The van der Waals surface area contributed by atoms with Gasteiger partial charge in [-0.1, -0.05) is 42.2 Å². The minimum Gasteiger partial charge on any atom is -0.450 e. The summed E-state index contributed by atoms with van der Waals surface area (Å²) in [5, 5.41) is 0.910. The molecule has 198 valence electrons. The van der Waals surface area contributed by atoms with Gasteiger partial charge in [-0.3, -0.25) is 14.5 Å². The number of carbonyl (C=O) groups excluding carboxylic acids is 2. The predicted molar refractivity (Wildman–Crippen MR) is 151 cm³/mol. The smallest absolute Gasteiger partial charge is 0.409 e. The Bertz CT molecular complexity index is 1280. The molecule has 9 nitrogen and oxygen atoms in total. The zero-order valence-corrected chi connectivity index (χ0v) is 23.0. The summed E-state index contributed by atoms with van der Waals surface area (Å²) < 4.78 is 12.6. The number of pyridine rings is 1. The lowest BCUT2D eigenvalue weighted by Gasteiger charge is -2.36. The lowest BCUT2D eigenvalue weighted by atomic mass is 10.1. The molecule has 0 saturated carbocycles. The number of hydrogen-bond acceptors (Lipinski definition) is 8. The summed E-state index contributed by atoms with van der Waals surface area (Å²) in [6, 6.07) is 7.74. The molecule has 37 heavy (non-hydrogen) atoms. The molecule has 0 atom stereocenters. The first-order valence-corrected chi connectivity index (χ1v) is 13.7. The van der Waals surface area contributed by atoms with Crippen LogP contribution in [0.1, 0.15) is 25.8 Å². The van der Waals surface area contributed by atoms with Crippen molar-refractivity contribution >= 4 is 63.0 Å². The van der Waals surface area contributed by atoms with Crippen molar-refractivity contribution in [3.63, 3.8) is 0 Å². The van der Waals surface area contributed by atoms with Crippen molar-refractivity contribution in [3.8, 4) is 0 Å². The molecule has 2 saturated heterocycles. The van der Waals surface area contributed by atoms with Crippen molar-refractivity contribution in [2.24, 2.45) is 7.05 Å². The molecule has 0 spiro atoms. The maximum Gasteiger partial charge on any atom is 0.409 e. The van der Waals surface area contributed by atoms with Gasteiger partial charge in [-0.2, -0.15) is 0 Å². The molecule has 2 aliphatic rings. The number of fused-ring (bicyclic) bond motifs is 1. The van der Waals surface area contributed by atoms with E-state index in [1.54, 1.807) is 34.4 Å². The molecule has 0 aliphatic carbocycles. The van der Waals surface area contributed by atoms with E-state index in [0.29, 0.717) is 73.8 Å². The van der Waals surface area contributed by atoms with Crippen LogP contribution in [0.2, 0.25) is 0 Å². The highest BCUT2D eigenvalue weighted by Crippen LogP contribution is 2.36. The standard InChI is InChI=1S/C26H32N4O5S2/c1-4-34-16-8-11-30-24(32)21(37-26(30)36)17-19-22(18-9-6-7-10-20(18)27(3)23(19)31)28-12-14-29(15-13-28)25(33)35-5-2/h6-7,9-10,17H,4-5,8,11-16H2,1-3H3. The van der Waals surface area contributed by atoms with Gasteiger partial charge in [-0.25, -0.2) is 4.79 Å². The Kier molecular flexibility index (Phi) is 8.88. The van der Waals surface area contributed by atoms with Crippen molar-refractivity contribution < 1.29 is 19.1 Å². The van der Waals surface area contributed by atoms with Crippen LogP contribution in [0.15, 0.2) is 34.0 Å². The summed E-state index contributed by atoms with van der Waals surface area (Å²) in [4.78, 5) is 44.9. The van der Waals surface area contributed by atoms with Gasteiger partial charge in [-0.05, 0) is 32.4 Å². The Labute approximate surface area is 226 Å². The number of hydrogen-bond donors (Lipinski definition) is 0. The molecule has 11 heteroatoms. The highest BCUT2D eigenvalue weighted by atomic mass is 32.2. The molecule has 2 aromatic rings. The highest BCUT2D eigenvalue weighted by Gasteiger charge is 2.33. The second-order valence-electron chi connectivity index (χ2n) is 8.70. The van der Waals surface area contributed by atoms with Crippen LogP contribution in [0.3, 0.4) is 0 Å². The normalized spacial score (nSPS) is 17.4. The van der Waals surface area contributed by atoms with E-state index in [4.69, 9.17) is 21.7 Å². The van der Waals surface area contributed by atoms with Crippen LogP contribution in [0.4, 0.5) is 10.5 Å². The molecule has 0 N–H and O–H groups in total. The molecule has 2 fully saturated rings. The monoisotopic (exact) mass is 544 g/mol. The molecule has 0 radical (unpaired) electrons. The molecule has 3 heterocycles. The molecular weight excluding hydrogens is 512 g/mol. The molecule has 2 amide bonds. The van der Waals surface area contributed by atoms with E-state index in [1.807, 2.05) is 31.2 Å². The van der Waals surface area contributed by atoms with Gasteiger partial charge in [0.2, 0.25) is 0 Å². The van der Waals surface area contributed by atoms with Crippen LogP contribution >= 0.6 is 24.0 Å². The number of aromatic nitrogens is 1. The fourth-order valence-corrected chi connectivity index (χ4v) is 5.88. The lowest BCUT2D eigenvalue weighted by Crippen LogP contribution is -2.49. The third-order valence-corrected chi connectivity index (χ3v) is 7.83. The first-order valence-electron chi connectivity index (χ1n) is 12.5. The molecular formula is C26H32N4O5S2. The van der Waals surface area contributed by atoms with Crippen molar-refractivity contribution in [1.82, 2.24) is 14.4 Å². The Hall–Kier alpha value is -2.89. The number of rotatable bonds is 8. The number of thiocarbonyl (C=S) groups is 1. The number of benzene rings is 1. The fourth-order valence-electron chi connectivity index (χ4n) is 4.59. The van der Waals surface area contributed by atoms with Crippen LogP contribution in [0.5, 0.6) is 0 Å². The third kappa shape index (κ3) is 5.68. The number of ether oxygens (including phenoxy) is 2. The topological polar surface area (TPSA) is 84.3 Å². The Morgan fingerprint density at radius 3 is 2.54 bits per heavy atom. The number of piperazine rings is 1. The first-order chi connectivity index (χ1) is 17.9. The summed E-state index contributed by atoms with van der Waals surface area (Å²) in [5.74, 6) is -0.195. The van der Waals surface area contributed by atoms with Crippen LogP contribution < -0.4 is 10.5 Å². The zero-order valence-electron chi connectivity index (χ0n) is 21.4. The summed E-state index contributed by atoms with van der Waals surface area (Å²) in [5.41, 5.74) is 1.82. The molecule has 2 aliphatic heterocycles. The van der Waals surface area contributed by atoms with Gasteiger partial charge in [0.05, 0.1) is 28.3 Å². The maximum absolute atomic E-state index is 13.6. The minimum atomic E-state index is -0.329. The van der Waals surface area contributed by atoms with E-state index < -0.39 is 0 Å². The van der Waals surface area contributed by atoms with E-state index in [9.17, 15) is 14.4 Å². The van der Waals surface area contributed by atoms with E-state index >= 15 is 0 Å². The second kappa shape index (κ2) is 12.1. The molecule has 1 aromatic carbocycles. The van der Waals surface area contributed by atoms with Crippen molar-refractivity contribution in [1.29, 1.82) is 0 Å². The zero-order chi connectivity index (χ0) is 26.5. The SMILES string of the molecule is CCOCCCN1C(=O)C(=Cc2c(N3CCN(C(=O)OCC)CC3)c3ccccc3n(C)c2=O)SC1=S. The average molecular weight is 545 g/mol. The molecule has 0 unspecified atom stereocenters. The molecule has 4 rings (SSSR count). The van der Waals surface area contributed by atoms with Gasteiger partial charge in [0.15, 0.2) is 0 Å². The number of nitrogens with zero attached hydrogens (tertiary/aromatic N) is 4. The quantitative estimate of drug-likeness (QED) is 0.284. The van der Waals surface area contributed by atoms with Gasteiger partial charge in [0.25, 0.3) is 11.5 Å². The van der Waals surface area contributed by atoms with Crippen LogP contribution in [0, 0.1) is 0 Å². The fraction of sp³-hybridized carbons (Fsp3) is 0.462. The molecule has 0 bridgehead atoms. The Balaban J connectivity index is 1.70. The summed E-state index contributed by atoms with van der Waals surface area (Å²) in [6.07, 6.45) is 2.04. The number of anilines is 1. The number of carbonyl (C=O) groups is 2. The lowest BCUT2D eigenvalue weighted by molar-refractivity contribution is -0.122. The highest BCUT2D eigenvalue weighted by molar-refractivity contribution is 8.26.